The standard InChI is InChI=1S/C20H23ClN4O7/c1-29-14-6-5-12(21)9-13(14)20(28)24-22-10-17(26)23-25-19(27)11-7-15(30-2)18(32-4)16(8-11)31-3/h5-9,22H,10H2,1-4H3,(H,23,26)(H,24,28)(H,25,27). The summed E-state index contributed by atoms with van der Waals surface area (Å²) in [6.07, 6.45) is 0. The minimum Gasteiger partial charge on any atom is -0.496 e. The fourth-order valence-corrected chi connectivity index (χ4v) is 2.76. The van der Waals surface area contributed by atoms with Crippen molar-refractivity contribution >= 4 is 29.3 Å². The van der Waals surface area contributed by atoms with E-state index in [0.29, 0.717) is 16.5 Å². The van der Waals surface area contributed by atoms with Crippen LogP contribution >= 0.6 is 11.6 Å². The fraction of sp³-hybridized carbons (Fsp3) is 0.250. The number of methoxy groups -OCH3 is 4. The second-order valence-corrected chi connectivity index (χ2v) is 6.51. The maximum Gasteiger partial charge on any atom is 0.269 e. The number of halogens is 1. The Morgan fingerprint density at radius 3 is 1.97 bits per heavy atom. The molecule has 2 aromatic rings. The number of carbonyl (C=O) groups excluding carboxylic acids is 3. The molecule has 0 aliphatic rings. The van der Waals surface area contributed by atoms with Gasteiger partial charge in [0.25, 0.3) is 17.7 Å². The van der Waals surface area contributed by atoms with Crippen LogP contribution in [0.15, 0.2) is 30.3 Å². The molecule has 0 spiro atoms. The summed E-state index contributed by atoms with van der Waals surface area (Å²) >= 11 is 5.90. The van der Waals surface area contributed by atoms with E-state index in [-0.39, 0.29) is 29.2 Å². The van der Waals surface area contributed by atoms with E-state index in [1.165, 1.54) is 46.6 Å². The summed E-state index contributed by atoms with van der Waals surface area (Å²) in [5.41, 5.74) is 9.61. The zero-order valence-corrected chi connectivity index (χ0v) is 18.6. The van der Waals surface area contributed by atoms with E-state index < -0.39 is 17.7 Å². The molecular weight excluding hydrogens is 444 g/mol. The van der Waals surface area contributed by atoms with Crippen LogP contribution in [-0.4, -0.2) is 52.7 Å². The number of benzene rings is 2. The first-order chi connectivity index (χ1) is 15.3. The summed E-state index contributed by atoms with van der Waals surface area (Å²) in [6.45, 7) is -0.329. The van der Waals surface area contributed by atoms with Crippen LogP contribution in [0.5, 0.6) is 23.0 Å². The summed E-state index contributed by atoms with van der Waals surface area (Å²) in [7, 11) is 5.69. The Labute approximate surface area is 189 Å². The number of carbonyl (C=O) groups is 3. The van der Waals surface area contributed by atoms with Crippen molar-refractivity contribution in [3.8, 4) is 23.0 Å². The van der Waals surface area contributed by atoms with Crippen molar-refractivity contribution in [2.75, 3.05) is 35.0 Å². The Bertz CT molecular complexity index is 975. The van der Waals surface area contributed by atoms with Crippen LogP contribution in [0.1, 0.15) is 20.7 Å². The summed E-state index contributed by atoms with van der Waals surface area (Å²) in [5.74, 6) is -0.594. The van der Waals surface area contributed by atoms with Gasteiger partial charge in [-0.1, -0.05) is 11.6 Å². The van der Waals surface area contributed by atoms with Crippen molar-refractivity contribution in [3.63, 3.8) is 0 Å². The predicted octanol–water partition coefficient (Wildman–Crippen LogP) is 1.07. The van der Waals surface area contributed by atoms with Gasteiger partial charge in [0.15, 0.2) is 11.5 Å². The van der Waals surface area contributed by atoms with E-state index in [2.05, 4.69) is 21.7 Å². The molecule has 0 saturated heterocycles. The Kier molecular flexibility index (Phi) is 8.93. The largest absolute Gasteiger partial charge is 0.496 e. The third-order valence-corrected chi connectivity index (χ3v) is 4.33. The number of ether oxygens (including phenoxy) is 4. The SMILES string of the molecule is COc1ccc(Cl)cc1C(=O)NNCC(=O)NNC(=O)c1cc(OC)c(OC)c(OC)c1. The van der Waals surface area contributed by atoms with Gasteiger partial charge in [-0.2, -0.15) is 0 Å². The van der Waals surface area contributed by atoms with Gasteiger partial charge in [0.2, 0.25) is 5.75 Å². The molecule has 0 saturated carbocycles. The number of amides is 3. The van der Waals surface area contributed by atoms with E-state index in [4.69, 9.17) is 30.5 Å². The van der Waals surface area contributed by atoms with E-state index in [1.54, 1.807) is 12.1 Å². The van der Waals surface area contributed by atoms with Crippen LogP contribution in [0.3, 0.4) is 0 Å². The topological polar surface area (TPSA) is 136 Å². The van der Waals surface area contributed by atoms with Gasteiger partial charge >= 0.3 is 0 Å². The van der Waals surface area contributed by atoms with Crippen molar-refractivity contribution < 1.29 is 33.3 Å². The van der Waals surface area contributed by atoms with Gasteiger partial charge < -0.3 is 18.9 Å². The van der Waals surface area contributed by atoms with Crippen molar-refractivity contribution in [1.29, 1.82) is 0 Å². The van der Waals surface area contributed by atoms with Gasteiger partial charge in [-0.3, -0.25) is 30.7 Å². The minimum absolute atomic E-state index is 0.161. The molecule has 0 unspecified atom stereocenters. The van der Waals surface area contributed by atoms with Crippen molar-refractivity contribution in [3.05, 3.63) is 46.5 Å². The molecular formula is C20H23ClN4O7. The van der Waals surface area contributed by atoms with Gasteiger partial charge in [-0.05, 0) is 30.3 Å². The zero-order valence-electron chi connectivity index (χ0n) is 17.8. The summed E-state index contributed by atoms with van der Waals surface area (Å²) in [4.78, 5) is 36.6. The first-order valence-electron chi connectivity index (χ1n) is 9.10. The van der Waals surface area contributed by atoms with Gasteiger partial charge in [0, 0.05) is 10.6 Å². The van der Waals surface area contributed by atoms with Gasteiger partial charge in [0.1, 0.15) is 5.75 Å². The lowest BCUT2D eigenvalue weighted by molar-refractivity contribution is -0.121. The predicted molar refractivity (Wildman–Crippen MR) is 115 cm³/mol. The highest BCUT2D eigenvalue weighted by molar-refractivity contribution is 6.31. The van der Waals surface area contributed by atoms with E-state index in [9.17, 15) is 14.4 Å². The van der Waals surface area contributed by atoms with Crippen LogP contribution in [-0.2, 0) is 4.79 Å². The molecule has 32 heavy (non-hydrogen) atoms. The first-order valence-corrected chi connectivity index (χ1v) is 9.48. The van der Waals surface area contributed by atoms with Crippen LogP contribution in [0, 0.1) is 0 Å². The average molecular weight is 467 g/mol. The molecule has 0 bridgehead atoms. The molecule has 0 fully saturated rings. The monoisotopic (exact) mass is 466 g/mol. The van der Waals surface area contributed by atoms with Gasteiger partial charge in [0.05, 0.1) is 40.5 Å². The van der Waals surface area contributed by atoms with E-state index >= 15 is 0 Å². The Morgan fingerprint density at radius 2 is 1.41 bits per heavy atom. The van der Waals surface area contributed by atoms with Gasteiger partial charge in [-0.15, -0.1) is 0 Å². The Hall–Kier alpha value is -3.70. The van der Waals surface area contributed by atoms with Crippen molar-refractivity contribution in [2.45, 2.75) is 0 Å². The summed E-state index contributed by atoms with van der Waals surface area (Å²) in [6, 6.07) is 7.41. The number of hydrogen-bond acceptors (Lipinski definition) is 8. The molecule has 0 aliphatic carbocycles. The fourth-order valence-electron chi connectivity index (χ4n) is 2.58. The molecule has 0 aliphatic heterocycles. The van der Waals surface area contributed by atoms with Crippen molar-refractivity contribution in [2.24, 2.45) is 0 Å². The van der Waals surface area contributed by atoms with E-state index in [1.807, 2.05) is 0 Å². The quantitative estimate of drug-likeness (QED) is 0.403. The lowest BCUT2D eigenvalue weighted by Crippen LogP contribution is -2.49. The number of hydrogen-bond donors (Lipinski definition) is 4. The third kappa shape index (κ3) is 6.15. The first kappa shape index (κ1) is 24.6. The lowest BCUT2D eigenvalue weighted by Gasteiger charge is -2.14. The second kappa shape index (κ2) is 11.6. The zero-order chi connectivity index (χ0) is 23.7. The second-order valence-electron chi connectivity index (χ2n) is 6.07. The molecule has 0 atom stereocenters. The summed E-state index contributed by atoms with van der Waals surface area (Å²) in [5, 5.41) is 0.350. The molecule has 11 nitrogen and oxygen atoms in total. The summed E-state index contributed by atoms with van der Waals surface area (Å²) < 4.78 is 20.7. The average Bonchev–Trinajstić information content (AvgIpc) is 2.81. The maximum absolute atomic E-state index is 12.4. The number of nitrogens with one attached hydrogen (secondary N) is 4. The molecule has 2 aromatic carbocycles. The molecule has 4 N–H and O–H groups in total. The van der Waals surface area contributed by atoms with Crippen LogP contribution < -0.4 is 40.7 Å². The van der Waals surface area contributed by atoms with Crippen LogP contribution in [0.4, 0.5) is 0 Å². The minimum atomic E-state index is -0.621. The third-order valence-electron chi connectivity index (χ3n) is 4.10. The maximum atomic E-state index is 12.4. The molecule has 2 rings (SSSR count). The molecule has 0 aromatic heterocycles. The lowest BCUT2D eigenvalue weighted by atomic mass is 10.1. The molecule has 0 heterocycles. The Morgan fingerprint density at radius 1 is 0.781 bits per heavy atom. The highest BCUT2D eigenvalue weighted by Gasteiger charge is 2.17. The normalized spacial score (nSPS) is 10.0. The smallest absolute Gasteiger partial charge is 0.269 e. The molecule has 172 valence electrons. The Balaban J connectivity index is 1.89. The number of hydrazine groups is 2. The van der Waals surface area contributed by atoms with E-state index in [0.717, 1.165) is 0 Å². The molecule has 0 radical (unpaired) electrons. The van der Waals surface area contributed by atoms with Crippen molar-refractivity contribution in [1.82, 2.24) is 21.7 Å². The molecule has 3 amide bonds. The molecule has 12 heteroatoms. The van der Waals surface area contributed by atoms with Crippen LogP contribution in [0.25, 0.3) is 0 Å². The highest BCUT2D eigenvalue weighted by Crippen LogP contribution is 2.38. The number of rotatable bonds is 9. The highest BCUT2D eigenvalue weighted by atomic mass is 35.5. The van der Waals surface area contributed by atoms with Gasteiger partial charge in [-0.25, -0.2) is 5.43 Å². The van der Waals surface area contributed by atoms with Crippen LogP contribution in [0.2, 0.25) is 5.02 Å².